The summed E-state index contributed by atoms with van der Waals surface area (Å²) in [6.07, 6.45) is -4.74. The van der Waals surface area contributed by atoms with Crippen LogP contribution in [0.25, 0.3) is 0 Å². The second kappa shape index (κ2) is 8.65. The van der Waals surface area contributed by atoms with Crippen molar-refractivity contribution in [2.75, 3.05) is 7.11 Å². The van der Waals surface area contributed by atoms with E-state index in [0.29, 0.717) is 0 Å². The molecule has 0 aliphatic heterocycles. The van der Waals surface area contributed by atoms with Crippen molar-refractivity contribution in [2.45, 2.75) is 43.4 Å². The highest BCUT2D eigenvalue weighted by atomic mass is 32.2. The maximum atomic E-state index is 13.5. The molecule has 6 nitrogen and oxygen atoms in total. The summed E-state index contributed by atoms with van der Waals surface area (Å²) in [6.45, 7) is 4.88. The Kier molecular flexibility index (Phi) is 6.83. The molecule has 0 aliphatic rings. The molecule has 30 heavy (non-hydrogen) atoms. The van der Waals surface area contributed by atoms with Crippen molar-refractivity contribution in [3.63, 3.8) is 0 Å². The summed E-state index contributed by atoms with van der Waals surface area (Å²) in [7, 11) is -2.85. The SMILES string of the molecule is COc1ccc(C(=O)NC(c2ccccc2)C(F)(F)F)cc1S(=O)(=O)NC(C)(C)C. The predicted octanol–water partition coefficient (Wildman–Crippen LogP) is 3.81. The van der Waals surface area contributed by atoms with Gasteiger partial charge in [-0.3, -0.25) is 4.79 Å². The van der Waals surface area contributed by atoms with Gasteiger partial charge in [0.05, 0.1) is 7.11 Å². The zero-order valence-electron chi connectivity index (χ0n) is 16.9. The Morgan fingerprint density at radius 3 is 2.13 bits per heavy atom. The predicted molar refractivity (Wildman–Crippen MR) is 106 cm³/mol. The highest BCUT2D eigenvalue weighted by Crippen LogP contribution is 2.33. The Hall–Kier alpha value is -2.59. The monoisotopic (exact) mass is 444 g/mol. The van der Waals surface area contributed by atoms with Crippen LogP contribution in [0.1, 0.15) is 42.7 Å². The number of rotatable bonds is 6. The van der Waals surface area contributed by atoms with Crippen molar-refractivity contribution >= 4 is 15.9 Å². The molecule has 0 aromatic heterocycles. The second-order valence-corrected chi connectivity index (χ2v) is 9.23. The fourth-order valence-corrected chi connectivity index (χ4v) is 4.31. The highest BCUT2D eigenvalue weighted by Gasteiger charge is 2.42. The lowest BCUT2D eigenvalue weighted by molar-refractivity contribution is -0.155. The molecular formula is C20H23F3N2O4S. The van der Waals surface area contributed by atoms with E-state index in [4.69, 9.17) is 4.74 Å². The van der Waals surface area contributed by atoms with Gasteiger partial charge in [-0.1, -0.05) is 30.3 Å². The summed E-state index contributed by atoms with van der Waals surface area (Å²) in [4.78, 5) is 12.2. The first kappa shape index (κ1) is 23.7. The van der Waals surface area contributed by atoms with E-state index in [2.05, 4.69) is 4.72 Å². The average Bonchev–Trinajstić information content (AvgIpc) is 2.63. The lowest BCUT2D eigenvalue weighted by atomic mass is 10.1. The van der Waals surface area contributed by atoms with Crippen LogP contribution in [0.5, 0.6) is 5.75 Å². The van der Waals surface area contributed by atoms with E-state index < -0.39 is 33.7 Å². The van der Waals surface area contributed by atoms with Gasteiger partial charge in [0.2, 0.25) is 10.0 Å². The van der Waals surface area contributed by atoms with Gasteiger partial charge in [0, 0.05) is 11.1 Å². The molecule has 1 unspecified atom stereocenters. The zero-order chi connectivity index (χ0) is 22.7. The largest absolute Gasteiger partial charge is 0.495 e. The number of nitrogens with one attached hydrogen (secondary N) is 2. The normalized spacial score (nSPS) is 13.6. The summed E-state index contributed by atoms with van der Waals surface area (Å²) in [5.41, 5.74) is -1.22. The molecule has 2 aromatic rings. The van der Waals surface area contributed by atoms with Crippen molar-refractivity contribution < 1.29 is 31.1 Å². The van der Waals surface area contributed by atoms with Gasteiger partial charge >= 0.3 is 6.18 Å². The molecule has 1 atom stereocenters. The van der Waals surface area contributed by atoms with Gasteiger partial charge in [0.1, 0.15) is 10.6 Å². The van der Waals surface area contributed by atoms with Gasteiger partial charge in [-0.25, -0.2) is 13.1 Å². The first-order chi connectivity index (χ1) is 13.7. The van der Waals surface area contributed by atoms with E-state index >= 15 is 0 Å². The van der Waals surface area contributed by atoms with E-state index in [1.165, 1.54) is 43.5 Å². The summed E-state index contributed by atoms with van der Waals surface area (Å²) in [6, 6.07) is 8.06. The average molecular weight is 444 g/mol. The van der Waals surface area contributed by atoms with Crippen LogP contribution in [0.15, 0.2) is 53.4 Å². The fraction of sp³-hybridized carbons (Fsp3) is 0.350. The first-order valence-corrected chi connectivity index (χ1v) is 10.4. The molecule has 0 heterocycles. The minimum absolute atomic E-state index is 0.0428. The minimum Gasteiger partial charge on any atom is -0.495 e. The van der Waals surface area contributed by atoms with Crippen molar-refractivity contribution in [1.29, 1.82) is 0 Å². The van der Waals surface area contributed by atoms with Crippen LogP contribution in [0.2, 0.25) is 0 Å². The summed E-state index contributed by atoms with van der Waals surface area (Å²) in [5, 5.41) is 1.93. The third-order valence-corrected chi connectivity index (χ3v) is 5.67. The highest BCUT2D eigenvalue weighted by molar-refractivity contribution is 7.89. The molecule has 0 saturated heterocycles. The minimum atomic E-state index is -4.74. The van der Waals surface area contributed by atoms with Crippen LogP contribution < -0.4 is 14.8 Å². The number of ether oxygens (including phenoxy) is 1. The Balaban J connectivity index is 2.43. The third-order valence-electron chi connectivity index (χ3n) is 3.89. The number of hydrogen-bond donors (Lipinski definition) is 2. The van der Waals surface area contributed by atoms with Crippen LogP contribution in [0.4, 0.5) is 13.2 Å². The molecule has 2 N–H and O–H groups in total. The first-order valence-electron chi connectivity index (χ1n) is 8.89. The van der Waals surface area contributed by atoms with Gasteiger partial charge in [0.25, 0.3) is 5.91 Å². The lowest BCUT2D eigenvalue weighted by Gasteiger charge is -2.23. The van der Waals surface area contributed by atoms with Crippen LogP contribution in [0, 0.1) is 0 Å². The summed E-state index contributed by atoms with van der Waals surface area (Å²) >= 11 is 0. The molecule has 0 fully saturated rings. The van der Waals surface area contributed by atoms with E-state index in [0.717, 1.165) is 6.07 Å². The zero-order valence-corrected chi connectivity index (χ0v) is 17.7. The summed E-state index contributed by atoms with van der Waals surface area (Å²) in [5.74, 6) is -1.12. The maximum Gasteiger partial charge on any atom is 0.412 e. The third kappa shape index (κ3) is 5.96. The molecule has 0 spiro atoms. The lowest BCUT2D eigenvalue weighted by Crippen LogP contribution is -2.41. The van der Waals surface area contributed by atoms with E-state index in [1.807, 2.05) is 5.32 Å². The number of carbonyl (C=O) groups is 1. The van der Waals surface area contributed by atoms with E-state index in [9.17, 15) is 26.4 Å². The molecule has 2 rings (SSSR count). The smallest absolute Gasteiger partial charge is 0.412 e. The molecule has 0 radical (unpaired) electrons. The molecule has 0 bridgehead atoms. The molecule has 0 saturated carbocycles. The maximum absolute atomic E-state index is 13.5. The molecular weight excluding hydrogens is 421 g/mol. The Morgan fingerprint density at radius 2 is 1.63 bits per heavy atom. The topological polar surface area (TPSA) is 84.5 Å². The quantitative estimate of drug-likeness (QED) is 0.710. The number of carbonyl (C=O) groups excluding carboxylic acids is 1. The van der Waals surface area contributed by atoms with E-state index in [1.54, 1.807) is 26.8 Å². The van der Waals surface area contributed by atoms with Crippen molar-refractivity contribution in [2.24, 2.45) is 0 Å². The van der Waals surface area contributed by atoms with Gasteiger partial charge in [-0.15, -0.1) is 0 Å². The second-order valence-electron chi connectivity index (χ2n) is 7.58. The number of alkyl halides is 3. The van der Waals surface area contributed by atoms with Gasteiger partial charge < -0.3 is 10.1 Å². The van der Waals surface area contributed by atoms with Crippen molar-refractivity contribution in [3.8, 4) is 5.75 Å². The molecule has 2 aromatic carbocycles. The number of sulfonamides is 1. The molecule has 10 heteroatoms. The Morgan fingerprint density at radius 1 is 1.03 bits per heavy atom. The van der Waals surface area contributed by atoms with E-state index in [-0.39, 0.29) is 21.8 Å². The molecule has 0 aliphatic carbocycles. The number of halogens is 3. The molecule has 164 valence electrons. The van der Waals surface area contributed by atoms with Crippen molar-refractivity contribution in [1.82, 2.24) is 10.0 Å². The van der Waals surface area contributed by atoms with Crippen LogP contribution in [0.3, 0.4) is 0 Å². The fourth-order valence-electron chi connectivity index (χ4n) is 2.70. The number of hydrogen-bond acceptors (Lipinski definition) is 4. The standard InChI is InChI=1S/C20H23F3N2O4S/c1-19(2,3)25-30(27,28)16-12-14(10-11-15(16)29-4)18(26)24-17(20(21,22)23)13-8-6-5-7-9-13/h5-12,17,25H,1-4H3,(H,24,26). The van der Waals surface area contributed by atoms with Crippen LogP contribution in [-0.4, -0.2) is 33.1 Å². The van der Waals surface area contributed by atoms with Gasteiger partial charge in [0.15, 0.2) is 6.04 Å². The van der Waals surface area contributed by atoms with Crippen LogP contribution >= 0.6 is 0 Å². The number of amides is 1. The Bertz CT molecular complexity index is 1000. The number of methoxy groups -OCH3 is 1. The number of benzene rings is 2. The Labute approximate surface area is 173 Å². The van der Waals surface area contributed by atoms with Gasteiger partial charge in [-0.2, -0.15) is 13.2 Å². The van der Waals surface area contributed by atoms with Crippen LogP contribution in [-0.2, 0) is 10.0 Å². The van der Waals surface area contributed by atoms with Gasteiger partial charge in [-0.05, 0) is 44.5 Å². The summed E-state index contributed by atoms with van der Waals surface area (Å²) < 4.78 is 73.4. The van der Waals surface area contributed by atoms with Crippen molar-refractivity contribution in [3.05, 3.63) is 59.7 Å². The molecule has 1 amide bonds.